The van der Waals surface area contributed by atoms with Crippen LogP contribution in [-0.4, -0.2) is 26.0 Å². The van der Waals surface area contributed by atoms with E-state index in [0.29, 0.717) is 0 Å². The summed E-state index contributed by atoms with van der Waals surface area (Å²) in [6.45, 7) is 6.25. The molecule has 0 spiro atoms. The molecule has 0 fully saturated rings. The molecule has 0 aromatic carbocycles. The Kier molecular flexibility index (Phi) is 60.4. The summed E-state index contributed by atoms with van der Waals surface area (Å²) in [7, 11) is 6.00. The van der Waals surface area contributed by atoms with Crippen molar-refractivity contribution in [2.75, 3.05) is 21.1 Å². The molecule has 0 amide bonds. The molecule has 0 aliphatic heterocycles. The molecule has 2 heteroatoms. The van der Waals surface area contributed by atoms with Gasteiger partial charge in [0.2, 0.25) is 0 Å². The molecule has 11 heavy (non-hydrogen) atoms. The normalized spacial score (nSPS) is 6.55. The third-order valence-corrected chi connectivity index (χ3v) is 0. The second-order valence-electron chi connectivity index (χ2n) is 2.84. The molecule has 0 saturated carbocycles. The second kappa shape index (κ2) is 22.5. The Morgan fingerprint density at radius 1 is 0.818 bits per heavy atom. The molecule has 1 nitrogen and oxygen atoms in total. The average molecular weight is 237 g/mol. The van der Waals surface area contributed by atoms with Crippen molar-refractivity contribution < 1.29 is 32.7 Å². The Bertz CT molecular complexity index is 25.0. The van der Waals surface area contributed by atoms with Crippen LogP contribution in [0.3, 0.4) is 0 Å². The van der Waals surface area contributed by atoms with Crippen LogP contribution in [0.5, 0.6) is 0 Å². The summed E-state index contributed by atoms with van der Waals surface area (Å²) in [6.07, 6.45) is 0. The van der Waals surface area contributed by atoms with Crippen LogP contribution >= 0.6 is 0 Å². The molecule has 0 aliphatic carbocycles. The zero-order valence-corrected chi connectivity index (χ0v) is 10.4. The summed E-state index contributed by atoms with van der Waals surface area (Å²) in [5.74, 6) is 1.42. The molecule has 0 saturated heterocycles. The predicted molar refractivity (Wildman–Crippen MR) is 53.3 cm³/mol. The topological polar surface area (TPSA) is 3.24 Å². The van der Waals surface area contributed by atoms with Crippen molar-refractivity contribution >= 4 is 0 Å². The smallest absolute Gasteiger partial charge is 0 e. The van der Waals surface area contributed by atoms with Gasteiger partial charge in [-0.05, 0) is 21.1 Å². The van der Waals surface area contributed by atoms with Crippen molar-refractivity contribution in [3.8, 4) is 0 Å². The van der Waals surface area contributed by atoms with E-state index in [2.05, 4.69) is 20.8 Å². The van der Waals surface area contributed by atoms with E-state index in [-0.39, 0.29) is 47.6 Å². The van der Waals surface area contributed by atoms with Crippen LogP contribution in [0, 0.1) is 5.92 Å². The fourth-order valence-electron chi connectivity index (χ4n) is 0. The third kappa shape index (κ3) is 803. The Hall–Kier alpha value is 1.06. The first-order chi connectivity index (χ1) is 3.46. The van der Waals surface area contributed by atoms with E-state index in [0.717, 1.165) is 0 Å². The quantitative estimate of drug-likeness (QED) is 0.585. The molecule has 0 unspecified atom stereocenters. The first-order valence-corrected chi connectivity index (χ1v) is 2.84. The summed E-state index contributed by atoms with van der Waals surface area (Å²) in [6, 6.07) is 0. The van der Waals surface area contributed by atoms with Crippen molar-refractivity contribution in [2.24, 2.45) is 0 Å². The minimum absolute atomic E-state index is 0. The fourth-order valence-corrected chi connectivity index (χ4v) is 0. The van der Waals surface area contributed by atoms with Gasteiger partial charge in [0.1, 0.15) is 0 Å². The van der Waals surface area contributed by atoms with Gasteiger partial charge in [-0.15, -0.1) is 0 Å². The Morgan fingerprint density at radius 3 is 0.818 bits per heavy atom. The predicted octanol–water partition coefficient (Wildman–Crippen LogP) is 3.07. The van der Waals surface area contributed by atoms with Gasteiger partial charge >= 0.3 is 0 Å². The van der Waals surface area contributed by atoms with Crippen LogP contribution in [-0.2, 0) is 32.7 Å². The van der Waals surface area contributed by atoms with Crippen LogP contribution < -0.4 is 0 Å². The number of hydrogen-bond acceptors (Lipinski definition) is 1. The largest absolute Gasteiger partial charge is 0.323 e. The van der Waals surface area contributed by atoms with E-state index in [9.17, 15) is 0 Å². The zero-order chi connectivity index (χ0) is 7.15. The molecule has 0 heterocycles. The van der Waals surface area contributed by atoms with Crippen LogP contribution in [0.25, 0.3) is 0 Å². The summed E-state index contributed by atoms with van der Waals surface area (Å²) in [5, 5.41) is 0. The number of rotatable bonds is 0. The fraction of sp³-hybridized carbons (Fsp3) is 0.889. The van der Waals surface area contributed by atoms with E-state index in [1.54, 1.807) is 0 Å². The van der Waals surface area contributed by atoms with Crippen molar-refractivity contribution in [3.63, 3.8) is 0 Å². The molecule has 0 bridgehead atoms. The monoisotopic (exact) mass is 237 g/mol. The summed E-state index contributed by atoms with van der Waals surface area (Å²) >= 11 is 0. The second-order valence-corrected chi connectivity index (χ2v) is 2.84. The van der Waals surface area contributed by atoms with Crippen molar-refractivity contribution in [1.29, 1.82) is 0 Å². The molecule has 0 rings (SSSR count). The van der Waals surface area contributed by atoms with Gasteiger partial charge in [0.25, 0.3) is 0 Å². The van der Waals surface area contributed by atoms with E-state index in [1.807, 2.05) is 26.0 Å². The first kappa shape index (κ1) is 29.6. The molecular weight excluding hydrogens is 211 g/mol. The van der Waals surface area contributed by atoms with Crippen molar-refractivity contribution in [2.45, 2.75) is 35.6 Å². The Balaban J connectivity index is -0.0000000171. The van der Waals surface area contributed by atoms with Gasteiger partial charge in [-0.3, -0.25) is 0 Å². The molecule has 0 atom stereocenters. The van der Waals surface area contributed by atoms with Crippen LogP contribution in [0.2, 0.25) is 0 Å². The summed E-state index contributed by atoms with van der Waals surface area (Å²) < 4.78 is 0. The van der Waals surface area contributed by atoms with Crippen molar-refractivity contribution in [1.82, 2.24) is 4.90 Å². The van der Waals surface area contributed by atoms with Gasteiger partial charge in [0.05, 0.1) is 0 Å². The van der Waals surface area contributed by atoms with Gasteiger partial charge in [-0.2, -0.15) is 20.8 Å². The van der Waals surface area contributed by atoms with Gasteiger partial charge in [0.15, 0.2) is 0 Å². The maximum Gasteiger partial charge on any atom is 0 e. The Labute approximate surface area is 99.8 Å². The molecule has 0 aromatic heterocycles. The van der Waals surface area contributed by atoms with Crippen LogP contribution in [0.15, 0.2) is 0 Å². The van der Waals surface area contributed by atoms with Crippen molar-refractivity contribution in [3.05, 3.63) is 5.92 Å². The zero-order valence-electron chi connectivity index (χ0n) is 7.52. The third-order valence-electron chi connectivity index (χ3n) is 0. The van der Waals surface area contributed by atoms with E-state index < -0.39 is 0 Å². The van der Waals surface area contributed by atoms with E-state index in [1.165, 1.54) is 5.92 Å². The molecule has 0 N–H and O–H groups in total. The van der Waals surface area contributed by atoms with Gasteiger partial charge in [-0.25, -0.2) is 0 Å². The minimum atomic E-state index is 0. The summed E-state index contributed by atoms with van der Waals surface area (Å²) in [5.41, 5.74) is 0. The number of hydrogen-bond donors (Lipinski definition) is 0. The molecule has 0 aromatic rings. The van der Waals surface area contributed by atoms with Gasteiger partial charge in [-0.1, -0.05) is 14.9 Å². The molecule has 0 aliphatic rings. The van der Waals surface area contributed by atoms with Crippen LogP contribution in [0.4, 0.5) is 0 Å². The maximum atomic E-state index is 2.08. The van der Waals surface area contributed by atoms with Crippen LogP contribution in [0.1, 0.15) is 35.6 Å². The Morgan fingerprint density at radius 2 is 0.818 bits per heavy atom. The van der Waals surface area contributed by atoms with Gasteiger partial charge in [0, 0.05) is 32.7 Å². The average Bonchev–Trinajstić information content (AvgIpc) is 1.25. The number of nitrogens with zero attached hydrogens (tertiary/aromatic N) is 1. The first-order valence-electron chi connectivity index (χ1n) is 2.84. The molecule has 71 valence electrons. The maximum absolute atomic E-state index is 2.08. The van der Waals surface area contributed by atoms with Gasteiger partial charge < -0.3 is 10.8 Å². The summed E-state index contributed by atoms with van der Waals surface area (Å²) in [4.78, 5) is 2.00. The van der Waals surface area contributed by atoms with E-state index >= 15 is 0 Å². The standard InChI is InChI=1S/C4H9.C3H9N.2CH4.Y/c2*1-4(2)3;;;/h2*1-3H3;2*1H4;/q-1;;;;. The minimum Gasteiger partial charge on any atom is -0.323 e. The SMILES string of the molecule is C.C.CN(C)C.C[C-](C)C.[Y]. The van der Waals surface area contributed by atoms with E-state index in [4.69, 9.17) is 0 Å². The molecule has 1 radical (unpaired) electrons. The molecular formula is C9H26NY-.